The molecule has 0 saturated heterocycles. The van der Waals surface area contributed by atoms with Crippen LogP contribution in [0, 0.1) is 0 Å². The molecule has 0 aromatic heterocycles. The summed E-state index contributed by atoms with van der Waals surface area (Å²) >= 11 is 0. The molecule has 3 N–H and O–H groups in total. The summed E-state index contributed by atoms with van der Waals surface area (Å²) < 4.78 is 68.4. The van der Waals surface area contributed by atoms with Crippen LogP contribution in [-0.2, 0) is 65.4 Å². The van der Waals surface area contributed by atoms with E-state index in [1.165, 1.54) is 109 Å². The van der Waals surface area contributed by atoms with Crippen molar-refractivity contribution in [3.8, 4) is 0 Å². The van der Waals surface area contributed by atoms with Crippen LogP contribution in [0.15, 0.2) is 97.2 Å². The number of carbonyl (C=O) groups excluding carboxylic acids is 4. The largest absolute Gasteiger partial charge is 0.472 e. The zero-order valence-corrected chi connectivity index (χ0v) is 63.5. The molecule has 0 bridgehead atoms. The third-order valence-corrected chi connectivity index (χ3v) is 18.0. The summed E-state index contributed by atoms with van der Waals surface area (Å²) in [4.78, 5) is 72.8. The SMILES string of the molecule is CC/C=C\C/C=C\C/C=C\C/C=C\C/C=C\C/C=C\CCC(=O)OCC(COP(=O)(O)OCC(O)COP(=O)(O)OCC(COC(=O)CCCCCCC/C=C\C/C=C\CCCCC)OC(=O)CCCCCCCCCCCCC)OC(=O)CCCCCCCCCCCCCCC. The van der Waals surface area contributed by atoms with Crippen molar-refractivity contribution < 1.29 is 80.2 Å². The van der Waals surface area contributed by atoms with E-state index in [1.807, 2.05) is 18.2 Å². The lowest BCUT2D eigenvalue weighted by molar-refractivity contribution is -0.161. The maximum Gasteiger partial charge on any atom is 0.472 e. The van der Waals surface area contributed by atoms with Gasteiger partial charge in [-0.05, 0) is 96.3 Å². The van der Waals surface area contributed by atoms with E-state index in [-0.39, 0.29) is 25.7 Å². The van der Waals surface area contributed by atoms with Crippen molar-refractivity contribution >= 4 is 39.5 Å². The average molecular weight is 1420 g/mol. The Kier molecular flexibility index (Phi) is 68.4. The van der Waals surface area contributed by atoms with Crippen molar-refractivity contribution in [2.45, 2.75) is 341 Å². The highest BCUT2D eigenvalue weighted by atomic mass is 31.2. The fourth-order valence-electron chi connectivity index (χ4n) is 10.2. The van der Waals surface area contributed by atoms with Crippen LogP contribution in [0.2, 0.25) is 0 Å². The molecule has 17 nitrogen and oxygen atoms in total. The van der Waals surface area contributed by atoms with E-state index in [0.717, 1.165) is 128 Å². The standard InChI is InChI=1S/C79H138O17P2/c1-5-9-13-17-21-25-29-32-34-35-36-37-39-42-45-48-52-56-60-64-77(82)90-70-75(96-79(84)66-62-58-54-50-46-40-31-27-23-19-15-11-7-3)72-94-98(87,88)92-68-73(80)67-91-97(85,86)93-71-74(95-78(83)65-61-57-53-49-43-28-24-20-16-12-8-4)69-89-76(81)63-59-55-51-47-44-41-38-33-30-26-22-18-14-10-6-2/h9,13,21-22,25-26,32-34,36-38,42,45,52,56,73-75,80H,5-8,10-12,14-20,23-24,27-31,35,39-41,43-44,46-51,53-55,57-72H2,1-4H3,(H,85,86)(H,87,88)/b13-9-,25-21-,26-22-,34-32-,37-36-,38-33-,45-42-,56-52-. The van der Waals surface area contributed by atoms with Crippen LogP contribution in [0.25, 0.3) is 0 Å². The molecule has 0 radical (unpaired) electrons. The van der Waals surface area contributed by atoms with Gasteiger partial charge in [0.25, 0.3) is 0 Å². The van der Waals surface area contributed by atoms with Gasteiger partial charge in [0.15, 0.2) is 12.2 Å². The maximum absolute atomic E-state index is 13.1. The van der Waals surface area contributed by atoms with Crippen molar-refractivity contribution in [3.05, 3.63) is 97.2 Å². The van der Waals surface area contributed by atoms with E-state index in [4.69, 9.17) is 37.0 Å². The summed E-state index contributed by atoms with van der Waals surface area (Å²) in [6.45, 7) is 4.65. The number of aliphatic hydroxyl groups is 1. The first kappa shape index (κ1) is 94.0. The Bertz CT molecular complexity index is 2240. The maximum atomic E-state index is 13.1. The monoisotopic (exact) mass is 1420 g/mol. The minimum Gasteiger partial charge on any atom is -0.462 e. The second kappa shape index (κ2) is 71.4. The normalized spacial score (nSPS) is 14.5. The van der Waals surface area contributed by atoms with E-state index in [0.29, 0.717) is 32.1 Å². The molecule has 0 fully saturated rings. The number of ether oxygens (including phenoxy) is 4. The quantitative estimate of drug-likeness (QED) is 0.0169. The van der Waals surface area contributed by atoms with Gasteiger partial charge in [0.1, 0.15) is 19.3 Å². The molecule has 0 saturated carbocycles. The minimum absolute atomic E-state index is 0.0381. The second-order valence-electron chi connectivity index (χ2n) is 25.6. The molecular weight excluding hydrogens is 1280 g/mol. The van der Waals surface area contributed by atoms with Gasteiger partial charge >= 0.3 is 39.5 Å². The average Bonchev–Trinajstić information content (AvgIpc) is 0.972. The van der Waals surface area contributed by atoms with Crippen LogP contribution in [0.1, 0.15) is 323 Å². The molecule has 19 heteroatoms. The summed E-state index contributed by atoms with van der Waals surface area (Å²) in [5.74, 6) is -2.27. The summed E-state index contributed by atoms with van der Waals surface area (Å²) in [7, 11) is -9.96. The first-order chi connectivity index (χ1) is 47.7. The smallest absolute Gasteiger partial charge is 0.462 e. The van der Waals surface area contributed by atoms with Crippen molar-refractivity contribution in [1.29, 1.82) is 0 Å². The van der Waals surface area contributed by atoms with Gasteiger partial charge in [-0.3, -0.25) is 37.3 Å². The highest BCUT2D eigenvalue weighted by molar-refractivity contribution is 7.47. The topological polar surface area (TPSA) is 237 Å². The van der Waals surface area contributed by atoms with Crippen LogP contribution >= 0.6 is 15.6 Å². The molecular formula is C79H138O17P2. The van der Waals surface area contributed by atoms with Crippen LogP contribution in [0.4, 0.5) is 0 Å². The van der Waals surface area contributed by atoms with Crippen LogP contribution in [0.5, 0.6) is 0 Å². The molecule has 0 aliphatic carbocycles. The number of phosphoric acid groups is 2. The molecule has 5 atom stereocenters. The molecule has 5 unspecified atom stereocenters. The fourth-order valence-corrected chi connectivity index (χ4v) is 11.8. The van der Waals surface area contributed by atoms with Crippen molar-refractivity contribution in [3.63, 3.8) is 0 Å². The Morgan fingerprint density at radius 3 is 0.898 bits per heavy atom. The second-order valence-corrected chi connectivity index (χ2v) is 28.5. The molecule has 0 aliphatic rings. The third kappa shape index (κ3) is 70.4. The number of unbranched alkanes of at least 4 members (excludes halogenated alkanes) is 30. The Morgan fingerprint density at radius 1 is 0.296 bits per heavy atom. The zero-order valence-electron chi connectivity index (χ0n) is 61.7. The first-order valence-corrected chi connectivity index (χ1v) is 41.5. The molecule has 0 rings (SSSR count). The van der Waals surface area contributed by atoms with Crippen LogP contribution < -0.4 is 0 Å². The highest BCUT2D eigenvalue weighted by Gasteiger charge is 2.30. The van der Waals surface area contributed by atoms with Crippen LogP contribution in [0.3, 0.4) is 0 Å². The summed E-state index contributed by atoms with van der Waals surface area (Å²) in [5.41, 5.74) is 0. The molecule has 0 aliphatic heterocycles. The number of esters is 4. The molecule has 98 heavy (non-hydrogen) atoms. The first-order valence-electron chi connectivity index (χ1n) is 38.5. The van der Waals surface area contributed by atoms with Gasteiger partial charge in [-0.15, -0.1) is 0 Å². The molecule has 566 valence electrons. The molecule has 0 aromatic rings. The number of carbonyl (C=O) groups is 4. The lowest BCUT2D eigenvalue weighted by Crippen LogP contribution is -2.30. The van der Waals surface area contributed by atoms with Gasteiger partial charge in [-0.25, -0.2) is 9.13 Å². The predicted octanol–water partition coefficient (Wildman–Crippen LogP) is 22.0. The Morgan fingerprint density at radius 2 is 0.551 bits per heavy atom. The number of allylic oxidation sites excluding steroid dienone is 16. The van der Waals surface area contributed by atoms with E-state index < -0.39 is 97.5 Å². The van der Waals surface area contributed by atoms with Gasteiger partial charge in [-0.1, -0.05) is 298 Å². The molecule has 0 amide bonds. The fraction of sp³-hybridized carbons (Fsp3) is 0.747. The number of phosphoric ester groups is 2. The van der Waals surface area contributed by atoms with Gasteiger partial charge in [0, 0.05) is 25.7 Å². The van der Waals surface area contributed by atoms with Gasteiger partial charge < -0.3 is 33.8 Å². The highest BCUT2D eigenvalue weighted by Crippen LogP contribution is 2.45. The molecule has 0 aromatic carbocycles. The van der Waals surface area contributed by atoms with Crippen molar-refractivity contribution in [1.82, 2.24) is 0 Å². The Hall–Kier alpha value is -4.02. The van der Waals surface area contributed by atoms with E-state index in [2.05, 4.69) is 107 Å². The van der Waals surface area contributed by atoms with Gasteiger partial charge in [0.05, 0.1) is 26.4 Å². The number of hydrogen-bond acceptors (Lipinski definition) is 15. The molecule has 0 heterocycles. The third-order valence-electron chi connectivity index (χ3n) is 16.1. The molecule has 0 spiro atoms. The van der Waals surface area contributed by atoms with Gasteiger partial charge in [-0.2, -0.15) is 0 Å². The lowest BCUT2D eigenvalue weighted by Gasteiger charge is -2.21. The minimum atomic E-state index is -4.99. The number of rotatable bonds is 72. The lowest BCUT2D eigenvalue weighted by atomic mass is 10.0. The summed E-state index contributed by atoms with van der Waals surface area (Å²) in [5, 5.41) is 10.6. The summed E-state index contributed by atoms with van der Waals surface area (Å²) in [6, 6.07) is 0. The van der Waals surface area contributed by atoms with E-state index >= 15 is 0 Å². The van der Waals surface area contributed by atoms with Crippen molar-refractivity contribution in [2.75, 3.05) is 39.6 Å². The number of aliphatic hydroxyl groups excluding tert-OH is 1. The van der Waals surface area contributed by atoms with Crippen molar-refractivity contribution in [2.24, 2.45) is 0 Å². The Labute approximate surface area is 595 Å². The van der Waals surface area contributed by atoms with Crippen LogP contribution in [-0.4, -0.2) is 96.7 Å². The van der Waals surface area contributed by atoms with E-state index in [1.54, 1.807) is 0 Å². The number of hydrogen-bond donors (Lipinski definition) is 3. The van der Waals surface area contributed by atoms with Gasteiger partial charge in [0.2, 0.25) is 0 Å². The predicted molar refractivity (Wildman–Crippen MR) is 399 cm³/mol. The van der Waals surface area contributed by atoms with E-state index in [9.17, 15) is 43.2 Å². The zero-order chi connectivity index (χ0) is 71.8. The Balaban J connectivity index is 5.37. The summed E-state index contributed by atoms with van der Waals surface area (Å²) in [6.07, 6.45) is 74.1.